The molecule has 23 heavy (non-hydrogen) atoms. The van der Waals surface area contributed by atoms with Gasteiger partial charge in [-0.25, -0.2) is 0 Å². The second kappa shape index (κ2) is 4.97. The van der Waals surface area contributed by atoms with E-state index in [4.69, 9.17) is 0 Å². The first-order valence-corrected chi connectivity index (χ1v) is 8.23. The number of hydrogen-bond acceptors (Lipinski definition) is 1. The highest BCUT2D eigenvalue weighted by Crippen LogP contribution is 2.37. The molecule has 0 radical (unpaired) electrons. The predicted octanol–water partition coefficient (Wildman–Crippen LogP) is 4.63. The Morgan fingerprint density at radius 1 is 0.783 bits per heavy atom. The van der Waals surface area contributed by atoms with E-state index in [1.807, 2.05) is 0 Å². The summed E-state index contributed by atoms with van der Waals surface area (Å²) < 4.78 is 0. The van der Waals surface area contributed by atoms with Crippen LogP contribution in [0.15, 0.2) is 60.7 Å². The zero-order valence-electron chi connectivity index (χ0n) is 12.9. The second-order valence-electron chi connectivity index (χ2n) is 6.26. The van der Waals surface area contributed by atoms with Gasteiger partial charge in [-0.1, -0.05) is 54.6 Å². The number of rotatable bonds is 1. The highest BCUT2D eigenvalue weighted by molar-refractivity contribution is 6.06. The van der Waals surface area contributed by atoms with Gasteiger partial charge in [-0.2, -0.15) is 0 Å². The Morgan fingerprint density at radius 2 is 1.61 bits per heavy atom. The van der Waals surface area contributed by atoms with Crippen LogP contribution in [0.4, 0.5) is 0 Å². The van der Waals surface area contributed by atoms with E-state index in [9.17, 15) is 0 Å². The van der Waals surface area contributed by atoms with Crippen molar-refractivity contribution < 1.29 is 0 Å². The van der Waals surface area contributed by atoms with E-state index in [1.165, 1.54) is 44.1 Å². The third-order valence-electron chi connectivity index (χ3n) is 4.95. The number of benzene rings is 3. The lowest BCUT2D eigenvalue weighted by atomic mass is 9.93. The maximum absolute atomic E-state index is 3.61. The molecule has 0 fully saturated rings. The fourth-order valence-electron chi connectivity index (χ4n) is 3.91. The first-order valence-electron chi connectivity index (χ1n) is 8.23. The summed E-state index contributed by atoms with van der Waals surface area (Å²) in [5, 5.41) is 7.49. The maximum atomic E-state index is 3.61. The van der Waals surface area contributed by atoms with E-state index >= 15 is 0 Å². The molecular weight excluding hydrogens is 280 g/mol. The van der Waals surface area contributed by atoms with E-state index in [0.29, 0.717) is 0 Å². The lowest BCUT2D eigenvalue weighted by Gasteiger charge is -2.14. The van der Waals surface area contributed by atoms with Gasteiger partial charge in [-0.15, -0.1) is 0 Å². The quantitative estimate of drug-likeness (QED) is 0.526. The molecule has 2 nitrogen and oxygen atoms in total. The maximum Gasteiger partial charge on any atom is 0.0465 e. The van der Waals surface area contributed by atoms with Gasteiger partial charge in [0.25, 0.3) is 0 Å². The van der Waals surface area contributed by atoms with Crippen LogP contribution < -0.4 is 5.32 Å². The van der Waals surface area contributed by atoms with E-state index in [-0.39, 0.29) is 0 Å². The summed E-state index contributed by atoms with van der Waals surface area (Å²) in [4.78, 5) is 3.61. The third kappa shape index (κ3) is 1.92. The molecule has 0 amide bonds. The SMILES string of the molecule is c1ccc2c(-c3cccc4[nH]c5c(c34)CCNC5)cccc2c1. The Balaban J connectivity index is 1.88. The van der Waals surface area contributed by atoms with Gasteiger partial charge < -0.3 is 10.3 Å². The van der Waals surface area contributed by atoms with Gasteiger partial charge in [0.2, 0.25) is 0 Å². The van der Waals surface area contributed by atoms with Gasteiger partial charge in [0, 0.05) is 23.1 Å². The average molecular weight is 298 g/mol. The first-order chi connectivity index (χ1) is 11.4. The molecule has 112 valence electrons. The minimum atomic E-state index is 0.943. The zero-order chi connectivity index (χ0) is 15.2. The number of nitrogens with one attached hydrogen (secondary N) is 2. The molecule has 2 N–H and O–H groups in total. The Morgan fingerprint density at radius 3 is 2.61 bits per heavy atom. The minimum Gasteiger partial charge on any atom is -0.357 e. The fourth-order valence-corrected chi connectivity index (χ4v) is 3.91. The van der Waals surface area contributed by atoms with Crippen LogP contribution >= 0.6 is 0 Å². The average Bonchev–Trinajstić information content (AvgIpc) is 3.00. The minimum absolute atomic E-state index is 0.943. The highest BCUT2D eigenvalue weighted by atomic mass is 14.9. The number of H-pyrrole nitrogens is 1. The first kappa shape index (κ1) is 12.9. The summed E-state index contributed by atoms with van der Waals surface area (Å²) in [6, 6.07) is 21.9. The molecule has 1 aliphatic heterocycles. The van der Waals surface area contributed by atoms with Crippen LogP contribution in [-0.2, 0) is 13.0 Å². The molecule has 1 aromatic heterocycles. The topological polar surface area (TPSA) is 27.8 Å². The van der Waals surface area contributed by atoms with Crippen molar-refractivity contribution in [1.82, 2.24) is 10.3 Å². The fraction of sp³-hybridized carbons (Fsp3) is 0.143. The summed E-state index contributed by atoms with van der Waals surface area (Å²) in [7, 11) is 0. The molecule has 0 saturated heterocycles. The van der Waals surface area contributed by atoms with Gasteiger partial charge in [0.05, 0.1) is 0 Å². The number of aromatic nitrogens is 1. The van der Waals surface area contributed by atoms with E-state index in [0.717, 1.165) is 19.5 Å². The summed E-state index contributed by atoms with van der Waals surface area (Å²) in [6.45, 7) is 2.00. The van der Waals surface area contributed by atoms with Crippen molar-refractivity contribution in [2.45, 2.75) is 13.0 Å². The smallest absolute Gasteiger partial charge is 0.0465 e. The summed E-state index contributed by atoms with van der Waals surface area (Å²) >= 11 is 0. The molecule has 0 saturated carbocycles. The largest absolute Gasteiger partial charge is 0.357 e. The normalized spacial score (nSPS) is 14.3. The van der Waals surface area contributed by atoms with E-state index in [2.05, 4.69) is 71.0 Å². The van der Waals surface area contributed by atoms with Crippen LogP contribution in [0.5, 0.6) is 0 Å². The Bertz CT molecular complexity index is 1020. The molecule has 0 bridgehead atoms. The lowest BCUT2D eigenvalue weighted by Crippen LogP contribution is -2.23. The zero-order valence-corrected chi connectivity index (χ0v) is 12.9. The predicted molar refractivity (Wildman–Crippen MR) is 96.7 cm³/mol. The monoisotopic (exact) mass is 298 g/mol. The van der Waals surface area contributed by atoms with Crippen molar-refractivity contribution in [2.75, 3.05) is 6.54 Å². The van der Waals surface area contributed by atoms with E-state index in [1.54, 1.807) is 0 Å². The second-order valence-corrected chi connectivity index (χ2v) is 6.26. The molecule has 0 aliphatic carbocycles. The molecule has 2 heteroatoms. The van der Waals surface area contributed by atoms with Gasteiger partial charge >= 0.3 is 0 Å². The van der Waals surface area contributed by atoms with E-state index < -0.39 is 0 Å². The van der Waals surface area contributed by atoms with Crippen molar-refractivity contribution in [1.29, 1.82) is 0 Å². The number of aromatic amines is 1. The molecule has 3 aromatic carbocycles. The Labute approximate surface area is 135 Å². The van der Waals surface area contributed by atoms with Crippen LogP contribution in [0.25, 0.3) is 32.8 Å². The molecule has 2 heterocycles. The third-order valence-corrected chi connectivity index (χ3v) is 4.95. The van der Waals surface area contributed by atoms with Gasteiger partial charge in [-0.05, 0) is 46.5 Å². The van der Waals surface area contributed by atoms with Gasteiger partial charge in [-0.3, -0.25) is 0 Å². The molecular formula is C21H18N2. The van der Waals surface area contributed by atoms with Crippen LogP contribution in [0.3, 0.4) is 0 Å². The lowest BCUT2D eigenvalue weighted by molar-refractivity contribution is 0.637. The summed E-state index contributed by atoms with van der Waals surface area (Å²) in [6.07, 6.45) is 1.09. The molecule has 0 spiro atoms. The Hall–Kier alpha value is -2.58. The molecule has 1 aliphatic rings. The standard InChI is InChI=1S/C21H18N2/c1-2-7-15-14(5-1)6-3-8-16(15)17-9-4-10-19-21(17)18-11-12-22-13-20(18)23-19/h1-10,22-23H,11-13H2. The van der Waals surface area contributed by atoms with Crippen LogP contribution in [-0.4, -0.2) is 11.5 Å². The molecule has 0 atom stereocenters. The van der Waals surface area contributed by atoms with Crippen LogP contribution in [0.1, 0.15) is 11.3 Å². The number of hydrogen-bond donors (Lipinski definition) is 2. The van der Waals surface area contributed by atoms with Crippen molar-refractivity contribution >= 4 is 21.7 Å². The molecule has 0 unspecified atom stereocenters. The van der Waals surface area contributed by atoms with Crippen LogP contribution in [0.2, 0.25) is 0 Å². The van der Waals surface area contributed by atoms with Crippen molar-refractivity contribution in [3.05, 3.63) is 71.9 Å². The summed E-state index contributed by atoms with van der Waals surface area (Å²) in [5.74, 6) is 0. The molecule has 4 aromatic rings. The van der Waals surface area contributed by atoms with Crippen LogP contribution in [0, 0.1) is 0 Å². The van der Waals surface area contributed by atoms with Crippen molar-refractivity contribution in [3.63, 3.8) is 0 Å². The van der Waals surface area contributed by atoms with Crippen molar-refractivity contribution in [3.8, 4) is 11.1 Å². The molecule has 5 rings (SSSR count). The summed E-state index contributed by atoms with van der Waals surface area (Å²) in [5.41, 5.74) is 6.76. The highest BCUT2D eigenvalue weighted by Gasteiger charge is 2.18. The van der Waals surface area contributed by atoms with Crippen molar-refractivity contribution in [2.24, 2.45) is 0 Å². The Kier molecular flexibility index (Phi) is 2.79. The van der Waals surface area contributed by atoms with Gasteiger partial charge in [0.15, 0.2) is 0 Å². The number of fused-ring (bicyclic) bond motifs is 4. The van der Waals surface area contributed by atoms with Gasteiger partial charge in [0.1, 0.15) is 0 Å².